The van der Waals surface area contributed by atoms with Crippen LogP contribution in [0.15, 0.2) is 24.3 Å². The van der Waals surface area contributed by atoms with Crippen molar-refractivity contribution in [2.75, 3.05) is 11.5 Å². The second kappa shape index (κ2) is 4.88. The summed E-state index contributed by atoms with van der Waals surface area (Å²) in [4.78, 5) is 24.3. The second-order valence-corrected chi connectivity index (χ2v) is 4.02. The number of hydrogen-bond donors (Lipinski definition) is 0. The monoisotopic (exact) mass is 244 g/mol. The van der Waals surface area contributed by atoms with Crippen LogP contribution in [-0.2, 0) is 4.74 Å². The van der Waals surface area contributed by atoms with Crippen LogP contribution in [0.1, 0.15) is 23.7 Å². The molecule has 1 aliphatic heterocycles. The quantitative estimate of drug-likeness (QED) is 0.747. The summed E-state index contributed by atoms with van der Waals surface area (Å²) >= 11 is 0. The predicted octanol–water partition coefficient (Wildman–Crippen LogP) is 2.13. The van der Waals surface area contributed by atoms with Crippen molar-refractivity contribution in [2.45, 2.75) is 19.4 Å². The minimum absolute atomic E-state index is 0.0873. The van der Waals surface area contributed by atoms with Gasteiger partial charge in [0.05, 0.1) is 12.7 Å². The first-order valence-electron chi connectivity index (χ1n) is 5.60. The van der Waals surface area contributed by atoms with Gasteiger partial charge in [0.1, 0.15) is 6.04 Å². The molecule has 1 amide bonds. The zero-order chi connectivity index (χ0) is 13.1. The Morgan fingerprint density at radius 2 is 2.33 bits per heavy atom. The van der Waals surface area contributed by atoms with Crippen molar-refractivity contribution in [1.82, 2.24) is 0 Å². The topological polar surface area (TPSA) is 70.4 Å². The van der Waals surface area contributed by atoms with Crippen molar-refractivity contribution in [3.8, 4) is 6.07 Å². The smallest absolute Gasteiger partial charge is 0.415 e. The molecule has 0 bridgehead atoms. The fraction of sp³-hybridized carbons (Fsp3) is 0.308. The van der Waals surface area contributed by atoms with E-state index in [4.69, 9.17) is 10.00 Å². The molecule has 1 aromatic rings. The molecule has 0 radical (unpaired) electrons. The van der Waals surface area contributed by atoms with Crippen molar-refractivity contribution in [3.63, 3.8) is 0 Å². The highest BCUT2D eigenvalue weighted by molar-refractivity contribution is 5.97. The van der Waals surface area contributed by atoms with Gasteiger partial charge in [0.2, 0.25) is 0 Å². The Hall–Kier alpha value is -2.35. The van der Waals surface area contributed by atoms with E-state index in [-0.39, 0.29) is 12.4 Å². The van der Waals surface area contributed by atoms with Crippen LogP contribution in [0.25, 0.3) is 0 Å². The number of Topliss-reactive ketones (excluding diaryl/α,β-unsaturated/α-hetero) is 1. The average Bonchev–Trinajstić information content (AvgIpc) is 2.38. The Morgan fingerprint density at radius 3 is 3.00 bits per heavy atom. The van der Waals surface area contributed by atoms with Gasteiger partial charge in [-0.1, -0.05) is 12.1 Å². The normalized spacial score (nSPS) is 19.0. The molecular formula is C13H12N2O3. The van der Waals surface area contributed by atoms with Gasteiger partial charge in [-0.05, 0) is 19.1 Å². The van der Waals surface area contributed by atoms with Crippen LogP contribution in [0.2, 0.25) is 0 Å². The van der Waals surface area contributed by atoms with Crippen LogP contribution < -0.4 is 4.90 Å². The maximum Gasteiger partial charge on any atom is 0.415 e. The minimum atomic E-state index is -0.548. The number of carbonyl (C=O) groups excluding carboxylic acids is 2. The van der Waals surface area contributed by atoms with Gasteiger partial charge in [-0.15, -0.1) is 0 Å². The summed E-state index contributed by atoms with van der Waals surface area (Å²) < 4.78 is 4.93. The van der Waals surface area contributed by atoms with Crippen LogP contribution in [0.3, 0.4) is 0 Å². The first kappa shape index (κ1) is 12.1. The number of nitrogens with zero attached hydrogens (tertiary/aromatic N) is 2. The molecule has 92 valence electrons. The van der Waals surface area contributed by atoms with Crippen LogP contribution >= 0.6 is 0 Å². The Kier molecular flexibility index (Phi) is 3.28. The maximum atomic E-state index is 11.7. The fourth-order valence-electron chi connectivity index (χ4n) is 1.87. The van der Waals surface area contributed by atoms with E-state index in [1.54, 1.807) is 24.3 Å². The van der Waals surface area contributed by atoms with E-state index in [1.165, 1.54) is 11.8 Å². The molecule has 1 saturated heterocycles. The molecule has 1 heterocycles. The molecule has 0 saturated carbocycles. The Bertz CT molecular complexity index is 533. The molecule has 1 atom stereocenters. The molecule has 2 rings (SSSR count). The molecule has 1 aromatic carbocycles. The van der Waals surface area contributed by atoms with E-state index in [9.17, 15) is 9.59 Å². The van der Waals surface area contributed by atoms with E-state index in [0.29, 0.717) is 17.7 Å². The van der Waals surface area contributed by atoms with Crippen molar-refractivity contribution in [3.05, 3.63) is 29.8 Å². The third-order valence-electron chi connectivity index (χ3n) is 2.81. The van der Waals surface area contributed by atoms with Crippen molar-refractivity contribution < 1.29 is 14.3 Å². The molecule has 0 spiro atoms. The van der Waals surface area contributed by atoms with E-state index in [1.807, 2.05) is 0 Å². The number of carbonyl (C=O) groups is 2. The molecular weight excluding hydrogens is 232 g/mol. The van der Waals surface area contributed by atoms with Crippen LogP contribution in [0, 0.1) is 11.3 Å². The van der Waals surface area contributed by atoms with Gasteiger partial charge in [-0.25, -0.2) is 4.79 Å². The first-order valence-corrected chi connectivity index (χ1v) is 5.60. The Balaban J connectivity index is 2.39. The van der Waals surface area contributed by atoms with Crippen LogP contribution in [0.5, 0.6) is 0 Å². The third kappa shape index (κ3) is 2.18. The highest BCUT2D eigenvalue weighted by Gasteiger charge is 2.31. The summed E-state index contributed by atoms with van der Waals surface area (Å²) in [5.41, 5.74) is 1.02. The van der Waals surface area contributed by atoms with Crippen molar-refractivity contribution in [2.24, 2.45) is 0 Å². The SMILES string of the molecule is CC(=O)c1cccc(N2C(=O)OCCC2C#N)c1. The number of amides is 1. The largest absolute Gasteiger partial charge is 0.449 e. The van der Waals surface area contributed by atoms with Gasteiger partial charge in [0.15, 0.2) is 5.78 Å². The average molecular weight is 244 g/mol. The minimum Gasteiger partial charge on any atom is -0.449 e. The van der Waals surface area contributed by atoms with E-state index in [2.05, 4.69) is 6.07 Å². The summed E-state index contributed by atoms with van der Waals surface area (Å²) in [6.07, 6.45) is -0.0829. The predicted molar refractivity (Wildman–Crippen MR) is 64.3 cm³/mol. The van der Waals surface area contributed by atoms with E-state index in [0.717, 1.165) is 0 Å². The lowest BCUT2D eigenvalue weighted by Gasteiger charge is -2.30. The lowest BCUT2D eigenvalue weighted by molar-refractivity contribution is 0.101. The lowest BCUT2D eigenvalue weighted by atomic mass is 10.1. The zero-order valence-corrected chi connectivity index (χ0v) is 9.92. The number of anilines is 1. The fourth-order valence-corrected chi connectivity index (χ4v) is 1.87. The third-order valence-corrected chi connectivity index (χ3v) is 2.81. The summed E-state index contributed by atoms with van der Waals surface area (Å²) in [7, 11) is 0. The lowest BCUT2D eigenvalue weighted by Crippen LogP contribution is -2.45. The number of ketones is 1. The highest BCUT2D eigenvalue weighted by atomic mass is 16.6. The number of rotatable bonds is 2. The van der Waals surface area contributed by atoms with Gasteiger partial charge in [-0.3, -0.25) is 9.69 Å². The Morgan fingerprint density at radius 1 is 1.56 bits per heavy atom. The molecule has 1 aliphatic rings. The molecule has 1 fully saturated rings. The van der Waals surface area contributed by atoms with Gasteiger partial charge >= 0.3 is 6.09 Å². The molecule has 1 unspecified atom stereocenters. The molecule has 18 heavy (non-hydrogen) atoms. The van der Waals surface area contributed by atoms with Gasteiger partial charge in [-0.2, -0.15) is 5.26 Å². The van der Waals surface area contributed by atoms with Gasteiger partial charge in [0.25, 0.3) is 0 Å². The van der Waals surface area contributed by atoms with E-state index < -0.39 is 12.1 Å². The number of cyclic esters (lactones) is 1. The first-order chi connectivity index (χ1) is 8.63. The number of benzene rings is 1. The van der Waals surface area contributed by atoms with Crippen LogP contribution in [0.4, 0.5) is 10.5 Å². The summed E-state index contributed by atoms with van der Waals surface area (Å²) in [5.74, 6) is -0.0873. The number of ether oxygens (including phenoxy) is 1. The molecule has 0 aromatic heterocycles. The summed E-state index contributed by atoms with van der Waals surface area (Å²) in [5, 5.41) is 9.05. The number of nitriles is 1. The van der Waals surface area contributed by atoms with Crippen LogP contribution in [-0.4, -0.2) is 24.5 Å². The standard InChI is InChI=1S/C13H12N2O3/c1-9(16)10-3-2-4-11(7-10)15-12(8-14)5-6-18-13(15)17/h2-4,7,12H,5-6H2,1H3. The molecule has 5 nitrogen and oxygen atoms in total. The Labute approximate surface area is 105 Å². The van der Waals surface area contributed by atoms with Gasteiger partial charge in [0, 0.05) is 17.7 Å². The number of hydrogen-bond acceptors (Lipinski definition) is 4. The van der Waals surface area contributed by atoms with Crippen molar-refractivity contribution in [1.29, 1.82) is 5.26 Å². The second-order valence-electron chi connectivity index (χ2n) is 4.02. The highest BCUT2D eigenvalue weighted by Crippen LogP contribution is 2.24. The maximum absolute atomic E-state index is 11.7. The zero-order valence-electron chi connectivity index (χ0n) is 9.92. The van der Waals surface area contributed by atoms with Crippen molar-refractivity contribution >= 4 is 17.6 Å². The summed E-state index contributed by atoms with van der Waals surface area (Å²) in [6.45, 7) is 1.70. The van der Waals surface area contributed by atoms with E-state index >= 15 is 0 Å². The summed E-state index contributed by atoms with van der Waals surface area (Å²) in [6, 6.07) is 8.16. The molecule has 0 N–H and O–H groups in total. The molecule has 0 aliphatic carbocycles. The van der Waals surface area contributed by atoms with Gasteiger partial charge < -0.3 is 4.74 Å². The molecule has 5 heteroatoms.